The van der Waals surface area contributed by atoms with Crippen molar-refractivity contribution in [3.63, 3.8) is 0 Å². The van der Waals surface area contributed by atoms with Crippen LogP contribution in [0.3, 0.4) is 0 Å². The van der Waals surface area contributed by atoms with Gasteiger partial charge >= 0.3 is 0 Å². The highest BCUT2D eigenvalue weighted by molar-refractivity contribution is 5.42. The van der Waals surface area contributed by atoms with Crippen molar-refractivity contribution in [1.82, 2.24) is 0 Å². The highest BCUT2D eigenvalue weighted by Gasteiger charge is 2.15. The van der Waals surface area contributed by atoms with Crippen LogP contribution in [0.15, 0.2) is 42.5 Å². The first kappa shape index (κ1) is 15.3. The van der Waals surface area contributed by atoms with Gasteiger partial charge in [-0.3, -0.25) is 0 Å². The van der Waals surface area contributed by atoms with Gasteiger partial charge in [0.05, 0.1) is 13.7 Å². The topological polar surface area (TPSA) is 53.7 Å². The molecule has 0 unspecified atom stereocenters. The third kappa shape index (κ3) is 3.93. The lowest BCUT2D eigenvalue weighted by atomic mass is 10.1. The van der Waals surface area contributed by atoms with Crippen molar-refractivity contribution in [2.24, 2.45) is 5.90 Å². The first-order valence-corrected chi connectivity index (χ1v) is 6.60. The molecule has 0 spiro atoms. The van der Waals surface area contributed by atoms with Crippen molar-refractivity contribution in [2.45, 2.75) is 13.0 Å². The summed E-state index contributed by atoms with van der Waals surface area (Å²) >= 11 is 0. The Morgan fingerprint density at radius 2 is 1.76 bits per heavy atom. The molecule has 0 aliphatic rings. The van der Waals surface area contributed by atoms with Gasteiger partial charge in [0.1, 0.15) is 12.4 Å². The van der Waals surface area contributed by atoms with E-state index in [2.05, 4.69) is 4.84 Å². The summed E-state index contributed by atoms with van der Waals surface area (Å²) in [5.41, 5.74) is 1.37. The Bertz CT molecular complexity index is 575. The molecule has 2 N–H and O–H groups in total. The number of ether oxygens (including phenoxy) is 2. The molecule has 2 aromatic carbocycles. The Balaban J connectivity index is 2.16. The Morgan fingerprint density at radius 3 is 2.43 bits per heavy atom. The van der Waals surface area contributed by atoms with E-state index in [1.54, 1.807) is 12.1 Å². The average molecular weight is 291 g/mol. The van der Waals surface area contributed by atoms with Crippen LogP contribution >= 0.6 is 0 Å². The third-order valence-corrected chi connectivity index (χ3v) is 3.09. The van der Waals surface area contributed by atoms with Gasteiger partial charge in [0.25, 0.3) is 0 Å². The maximum atomic E-state index is 14.4. The van der Waals surface area contributed by atoms with E-state index in [0.717, 1.165) is 5.56 Å². The quantitative estimate of drug-likeness (QED) is 0.797. The largest absolute Gasteiger partial charge is 0.496 e. The summed E-state index contributed by atoms with van der Waals surface area (Å²) in [4.78, 5) is 4.51. The maximum Gasteiger partial charge on any atom is 0.172 e. The molecular formula is C16H18FNO3. The van der Waals surface area contributed by atoms with Crippen molar-refractivity contribution < 1.29 is 18.7 Å². The van der Waals surface area contributed by atoms with Gasteiger partial charge in [0, 0.05) is 12.0 Å². The number of rotatable bonds is 7. The van der Waals surface area contributed by atoms with Crippen LogP contribution in [0.2, 0.25) is 0 Å². The molecule has 0 aliphatic heterocycles. The summed E-state index contributed by atoms with van der Waals surface area (Å²) in [6.45, 7) is 0.506. The van der Waals surface area contributed by atoms with E-state index in [0.29, 0.717) is 24.3 Å². The standard InChI is InChI=1S/C16H18FNO3/c1-19-14-7-8-15(16(17)13(14)9-10-21-18)20-11-12-5-3-2-4-6-12/h2-8H,9-11,18H2,1H3. The predicted octanol–water partition coefficient (Wildman–Crippen LogP) is 2.85. The van der Waals surface area contributed by atoms with Crippen LogP contribution in [0, 0.1) is 5.82 Å². The minimum absolute atomic E-state index is 0.187. The van der Waals surface area contributed by atoms with Crippen molar-refractivity contribution in [3.05, 3.63) is 59.4 Å². The zero-order valence-corrected chi connectivity index (χ0v) is 11.8. The normalized spacial score (nSPS) is 10.4. The Morgan fingerprint density at radius 1 is 1.05 bits per heavy atom. The summed E-state index contributed by atoms with van der Waals surface area (Å²) in [6.07, 6.45) is 0.314. The molecule has 2 aromatic rings. The fraction of sp³-hybridized carbons (Fsp3) is 0.250. The molecule has 0 aliphatic carbocycles. The van der Waals surface area contributed by atoms with Crippen molar-refractivity contribution in [3.8, 4) is 11.5 Å². The summed E-state index contributed by atoms with van der Waals surface area (Å²) in [6, 6.07) is 12.8. The summed E-state index contributed by atoms with van der Waals surface area (Å²) in [5.74, 6) is 5.20. The summed E-state index contributed by atoms with van der Waals surface area (Å²) in [5, 5.41) is 0. The van der Waals surface area contributed by atoms with Crippen LogP contribution in [0.1, 0.15) is 11.1 Å². The fourth-order valence-electron chi connectivity index (χ4n) is 2.01. The molecule has 0 bridgehead atoms. The molecule has 0 aromatic heterocycles. The maximum absolute atomic E-state index is 14.4. The molecule has 0 atom stereocenters. The SMILES string of the molecule is COc1ccc(OCc2ccccc2)c(F)c1CCON. The van der Waals surface area contributed by atoms with Crippen molar-refractivity contribution in [1.29, 1.82) is 0 Å². The molecule has 0 fully saturated rings. The minimum Gasteiger partial charge on any atom is -0.496 e. The molecule has 112 valence electrons. The highest BCUT2D eigenvalue weighted by Crippen LogP contribution is 2.30. The van der Waals surface area contributed by atoms with E-state index in [9.17, 15) is 4.39 Å². The van der Waals surface area contributed by atoms with E-state index in [1.807, 2.05) is 30.3 Å². The second-order valence-corrected chi connectivity index (χ2v) is 4.45. The molecular weight excluding hydrogens is 273 g/mol. The number of benzene rings is 2. The fourth-order valence-corrected chi connectivity index (χ4v) is 2.01. The van der Waals surface area contributed by atoms with Crippen LogP contribution in [-0.4, -0.2) is 13.7 Å². The van der Waals surface area contributed by atoms with Gasteiger partial charge in [-0.1, -0.05) is 30.3 Å². The van der Waals surface area contributed by atoms with E-state index in [-0.39, 0.29) is 12.4 Å². The van der Waals surface area contributed by atoms with Crippen LogP contribution in [-0.2, 0) is 17.9 Å². The van der Waals surface area contributed by atoms with E-state index >= 15 is 0 Å². The number of methoxy groups -OCH3 is 1. The second kappa shape index (κ2) is 7.61. The number of halogens is 1. The zero-order valence-electron chi connectivity index (χ0n) is 11.8. The Labute approximate surface area is 123 Å². The monoisotopic (exact) mass is 291 g/mol. The average Bonchev–Trinajstić information content (AvgIpc) is 2.53. The smallest absolute Gasteiger partial charge is 0.172 e. The van der Waals surface area contributed by atoms with Crippen LogP contribution in [0.5, 0.6) is 11.5 Å². The summed E-state index contributed by atoms with van der Waals surface area (Å²) in [7, 11) is 1.49. The van der Waals surface area contributed by atoms with E-state index in [1.165, 1.54) is 7.11 Å². The molecule has 0 heterocycles. The molecule has 21 heavy (non-hydrogen) atoms. The van der Waals surface area contributed by atoms with Gasteiger partial charge in [-0.2, -0.15) is 0 Å². The second-order valence-electron chi connectivity index (χ2n) is 4.45. The Hall–Kier alpha value is -2.11. The van der Waals surface area contributed by atoms with Crippen molar-refractivity contribution >= 4 is 0 Å². The Kier molecular flexibility index (Phi) is 5.54. The van der Waals surface area contributed by atoms with Gasteiger partial charge in [-0.15, -0.1) is 0 Å². The molecule has 5 heteroatoms. The molecule has 4 nitrogen and oxygen atoms in total. The van der Waals surface area contributed by atoms with Crippen LogP contribution < -0.4 is 15.4 Å². The van der Waals surface area contributed by atoms with Gasteiger partial charge < -0.3 is 14.3 Å². The third-order valence-electron chi connectivity index (χ3n) is 3.09. The number of hydrogen-bond acceptors (Lipinski definition) is 4. The molecule has 0 amide bonds. The van der Waals surface area contributed by atoms with Crippen molar-refractivity contribution in [2.75, 3.05) is 13.7 Å². The van der Waals surface area contributed by atoms with Gasteiger partial charge in [0.2, 0.25) is 0 Å². The predicted molar refractivity (Wildman–Crippen MR) is 77.6 cm³/mol. The zero-order chi connectivity index (χ0) is 15.1. The lowest BCUT2D eigenvalue weighted by Gasteiger charge is -2.13. The van der Waals surface area contributed by atoms with Gasteiger partial charge in [-0.25, -0.2) is 10.3 Å². The first-order chi connectivity index (χ1) is 10.3. The summed E-state index contributed by atoms with van der Waals surface area (Å²) < 4.78 is 25.1. The molecule has 0 saturated heterocycles. The van der Waals surface area contributed by atoms with E-state index < -0.39 is 5.82 Å². The molecule has 2 rings (SSSR count). The van der Waals surface area contributed by atoms with E-state index in [4.69, 9.17) is 15.4 Å². The number of hydrogen-bond donors (Lipinski definition) is 1. The number of nitrogens with two attached hydrogens (primary N) is 1. The van der Waals surface area contributed by atoms with Gasteiger partial charge in [-0.05, 0) is 17.7 Å². The highest BCUT2D eigenvalue weighted by atomic mass is 19.1. The first-order valence-electron chi connectivity index (χ1n) is 6.60. The van der Waals surface area contributed by atoms with Crippen LogP contribution in [0.4, 0.5) is 4.39 Å². The molecule has 0 radical (unpaired) electrons. The van der Waals surface area contributed by atoms with Gasteiger partial charge in [0.15, 0.2) is 11.6 Å². The lowest BCUT2D eigenvalue weighted by Crippen LogP contribution is -2.08. The molecule has 0 saturated carbocycles. The lowest BCUT2D eigenvalue weighted by molar-refractivity contribution is 0.140. The van der Waals surface area contributed by atoms with Crippen LogP contribution in [0.25, 0.3) is 0 Å². The minimum atomic E-state index is -0.442.